The molecular formula is C20H19ClN3O6S2-. The SMILES string of the molecule is CCS(=O)(=O)c1ccc(NC(=O)c2cc(Cl)ccc2N(c2c(C)noc2C)S(=O)[O-])cc1. The topological polar surface area (TPSA) is 133 Å². The highest BCUT2D eigenvalue weighted by Crippen LogP contribution is 2.36. The number of aromatic nitrogens is 1. The van der Waals surface area contributed by atoms with Crippen molar-refractivity contribution in [2.24, 2.45) is 0 Å². The van der Waals surface area contributed by atoms with Gasteiger partial charge >= 0.3 is 0 Å². The Morgan fingerprint density at radius 2 is 1.88 bits per heavy atom. The largest absolute Gasteiger partial charge is 0.755 e. The Morgan fingerprint density at radius 1 is 1.22 bits per heavy atom. The van der Waals surface area contributed by atoms with Crippen LogP contribution in [-0.4, -0.2) is 34.0 Å². The maximum atomic E-state index is 13.0. The molecule has 1 atom stereocenters. The van der Waals surface area contributed by atoms with Crippen LogP contribution in [0.15, 0.2) is 51.9 Å². The zero-order chi connectivity index (χ0) is 23.6. The van der Waals surface area contributed by atoms with Crippen LogP contribution in [0.3, 0.4) is 0 Å². The molecule has 1 aromatic heterocycles. The Balaban J connectivity index is 2.01. The number of nitrogens with zero attached hydrogens (tertiary/aromatic N) is 2. The highest BCUT2D eigenvalue weighted by atomic mass is 35.5. The van der Waals surface area contributed by atoms with E-state index in [9.17, 15) is 22.0 Å². The molecule has 170 valence electrons. The van der Waals surface area contributed by atoms with Crippen LogP contribution in [0.2, 0.25) is 5.02 Å². The number of benzene rings is 2. The number of amides is 1. The number of hydrogen-bond acceptors (Lipinski definition) is 7. The summed E-state index contributed by atoms with van der Waals surface area (Å²) in [5, 5.41) is 6.63. The van der Waals surface area contributed by atoms with Gasteiger partial charge in [0.05, 0.1) is 33.2 Å². The molecule has 1 heterocycles. The van der Waals surface area contributed by atoms with Gasteiger partial charge in [0, 0.05) is 10.7 Å². The van der Waals surface area contributed by atoms with Gasteiger partial charge in [0.1, 0.15) is 11.4 Å². The molecule has 0 saturated carbocycles. The lowest BCUT2D eigenvalue weighted by molar-refractivity contribution is 0.102. The lowest BCUT2D eigenvalue weighted by Gasteiger charge is -2.27. The van der Waals surface area contributed by atoms with E-state index in [1.54, 1.807) is 13.8 Å². The first-order valence-electron chi connectivity index (χ1n) is 9.31. The van der Waals surface area contributed by atoms with Crippen LogP contribution in [0.4, 0.5) is 17.1 Å². The van der Waals surface area contributed by atoms with Gasteiger partial charge in [-0.1, -0.05) is 23.7 Å². The Morgan fingerprint density at radius 3 is 2.41 bits per heavy atom. The average Bonchev–Trinajstić information content (AvgIpc) is 3.07. The molecule has 3 rings (SSSR count). The predicted octanol–water partition coefficient (Wildman–Crippen LogP) is 3.92. The standard InChI is InChI=1S/C20H20ClN3O6S2/c1-4-32(28,29)16-8-6-15(7-9-16)22-20(25)17-11-14(21)5-10-18(17)24(31(26)27)19-12(2)23-30-13(19)3/h5-11H,4H2,1-3H3,(H,22,25)(H,26,27)/p-1. The number of hydrogen-bond donors (Lipinski definition) is 1. The van der Waals surface area contributed by atoms with Crippen molar-refractivity contribution in [2.75, 3.05) is 15.4 Å². The van der Waals surface area contributed by atoms with Crippen molar-refractivity contribution < 1.29 is 26.5 Å². The predicted molar refractivity (Wildman–Crippen MR) is 121 cm³/mol. The first-order valence-corrected chi connectivity index (χ1v) is 12.4. The molecule has 0 bridgehead atoms. The molecule has 0 spiro atoms. The van der Waals surface area contributed by atoms with Gasteiger partial charge < -0.3 is 14.4 Å². The molecular weight excluding hydrogens is 478 g/mol. The van der Waals surface area contributed by atoms with Crippen molar-refractivity contribution >= 4 is 55.7 Å². The van der Waals surface area contributed by atoms with Gasteiger partial charge in [0.15, 0.2) is 15.6 Å². The molecule has 12 heteroatoms. The smallest absolute Gasteiger partial charge is 0.257 e. The normalized spacial score (nSPS) is 12.4. The van der Waals surface area contributed by atoms with Gasteiger partial charge in [-0.2, -0.15) is 0 Å². The van der Waals surface area contributed by atoms with E-state index in [0.29, 0.717) is 11.4 Å². The van der Waals surface area contributed by atoms with E-state index in [-0.39, 0.29) is 38.4 Å². The molecule has 1 unspecified atom stereocenters. The van der Waals surface area contributed by atoms with Crippen molar-refractivity contribution in [3.8, 4) is 0 Å². The zero-order valence-corrected chi connectivity index (χ0v) is 19.7. The van der Waals surface area contributed by atoms with Crippen LogP contribution in [0, 0.1) is 13.8 Å². The zero-order valence-electron chi connectivity index (χ0n) is 17.3. The second-order valence-corrected chi connectivity index (χ2v) is 10.2. The van der Waals surface area contributed by atoms with Crippen LogP contribution >= 0.6 is 11.6 Å². The molecule has 0 saturated heterocycles. The third-order valence-electron chi connectivity index (χ3n) is 4.62. The number of anilines is 3. The summed E-state index contributed by atoms with van der Waals surface area (Å²) < 4.78 is 54.1. The van der Waals surface area contributed by atoms with E-state index in [0.717, 1.165) is 4.31 Å². The number of aryl methyl sites for hydroxylation is 2. The van der Waals surface area contributed by atoms with E-state index < -0.39 is 27.0 Å². The summed E-state index contributed by atoms with van der Waals surface area (Å²) in [6.07, 6.45) is 0. The Labute approximate surface area is 192 Å². The summed E-state index contributed by atoms with van der Waals surface area (Å²) in [6.45, 7) is 4.67. The number of rotatable bonds is 7. The second-order valence-electron chi connectivity index (χ2n) is 6.73. The van der Waals surface area contributed by atoms with E-state index >= 15 is 0 Å². The average molecular weight is 497 g/mol. The lowest BCUT2D eigenvalue weighted by atomic mass is 10.1. The summed E-state index contributed by atoms with van der Waals surface area (Å²) in [5.74, 6) is -0.439. The fourth-order valence-corrected chi connectivity index (χ4v) is 4.81. The lowest BCUT2D eigenvalue weighted by Crippen LogP contribution is -2.24. The van der Waals surface area contributed by atoms with Gasteiger partial charge in [-0.05, 0) is 56.3 Å². The van der Waals surface area contributed by atoms with Crippen molar-refractivity contribution in [1.82, 2.24) is 5.16 Å². The number of nitrogens with one attached hydrogen (secondary N) is 1. The van der Waals surface area contributed by atoms with Crippen molar-refractivity contribution in [3.63, 3.8) is 0 Å². The Kier molecular flexibility index (Phi) is 7.03. The monoisotopic (exact) mass is 496 g/mol. The van der Waals surface area contributed by atoms with E-state index in [1.807, 2.05) is 0 Å². The summed E-state index contributed by atoms with van der Waals surface area (Å²) in [6, 6.07) is 9.85. The van der Waals surface area contributed by atoms with Crippen molar-refractivity contribution in [2.45, 2.75) is 25.7 Å². The highest BCUT2D eigenvalue weighted by Gasteiger charge is 2.25. The fraction of sp³-hybridized carbons (Fsp3) is 0.200. The Hall–Kier alpha value is -2.73. The third-order valence-corrected chi connectivity index (χ3v) is 7.28. The molecule has 2 aromatic carbocycles. The molecule has 0 aliphatic heterocycles. The van der Waals surface area contributed by atoms with Crippen LogP contribution in [0.1, 0.15) is 28.7 Å². The summed E-state index contributed by atoms with van der Waals surface area (Å²) in [4.78, 5) is 13.2. The fourth-order valence-electron chi connectivity index (χ4n) is 3.02. The van der Waals surface area contributed by atoms with Crippen molar-refractivity contribution in [1.29, 1.82) is 0 Å². The van der Waals surface area contributed by atoms with E-state index in [2.05, 4.69) is 10.5 Å². The third kappa shape index (κ3) is 4.85. The number of halogens is 1. The van der Waals surface area contributed by atoms with Gasteiger partial charge in [0.25, 0.3) is 5.91 Å². The molecule has 32 heavy (non-hydrogen) atoms. The van der Waals surface area contributed by atoms with Crippen molar-refractivity contribution in [3.05, 3.63) is 64.5 Å². The minimum absolute atomic E-state index is 0.0213. The highest BCUT2D eigenvalue weighted by molar-refractivity contribution is 7.91. The molecule has 0 radical (unpaired) electrons. The maximum absolute atomic E-state index is 13.0. The van der Waals surface area contributed by atoms with E-state index in [4.69, 9.17) is 16.1 Å². The summed E-state index contributed by atoms with van der Waals surface area (Å²) in [5.41, 5.74) is 0.847. The molecule has 0 aliphatic rings. The summed E-state index contributed by atoms with van der Waals surface area (Å²) in [7, 11) is -3.38. The molecule has 1 amide bonds. The first-order chi connectivity index (χ1) is 15.0. The van der Waals surface area contributed by atoms with Crippen LogP contribution in [0.5, 0.6) is 0 Å². The number of sulfone groups is 1. The Bertz CT molecular complexity index is 1270. The number of carbonyl (C=O) groups is 1. The minimum atomic E-state index is -3.38. The molecule has 0 aliphatic carbocycles. The first kappa shape index (κ1) is 23.9. The molecule has 1 N–H and O–H groups in total. The van der Waals surface area contributed by atoms with Gasteiger partial charge in [0.2, 0.25) is 0 Å². The molecule has 0 fully saturated rings. The van der Waals surface area contributed by atoms with Crippen LogP contribution < -0.4 is 9.62 Å². The second kappa shape index (κ2) is 9.41. The van der Waals surface area contributed by atoms with Gasteiger partial charge in [-0.15, -0.1) is 0 Å². The molecule has 3 aromatic rings. The van der Waals surface area contributed by atoms with E-state index in [1.165, 1.54) is 49.4 Å². The maximum Gasteiger partial charge on any atom is 0.257 e. The van der Waals surface area contributed by atoms with Gasteiger partial charge in [-0.25, -0.2) is 8.42 Å². The molecule has 9 nitrogen and oxygen atoms in total. The quantitative estimate of drug-likeness (QED) is 0.490. The van der Waals surface area contributed by atoms with Crippen LogP contribution in [0.25, 0.3) is 0 Å². The summed E-state index contributed by atoms with van der Waals surface area (Å²) >= 11 is 3.27. The number of carbonyl (C=O) groups excluding carboxylic acids is 1. The van der Waals surface area contributed by atoms with Crippen LogP contribution in [-0.2, 0) is 21.1 Å². The minimum Gasteiger partial charge on any atom is -0.755 e. The van der Waals surface area contributed by atoms with Gasteiger partial charge in [-0.3, -0.25) is 13.3 Å².